The lowest BCUT2D eigenvalue weighted by Gasteiger charge is -2.17. The van der Waals surface area contributed by atoms with E-state index in [1.807, 2.05) is 57.2 Å². The van der Waals surface area contributed by atoms with Crippen LogP contribution in [0.5, 0.6) is 0 Å². The van der Waals surface area contributed by atoms with Crippen molar-refractivity contribution in [3.63, 3.8) is 0 Å². The first-order chi connectivity index (χ1) is 15.4. The number of nitrogens with one attached hydrogen (secondary N) is 3. The van der Waals surface area contributed by atoms with Crippen LogP contribution in [0, 0.1) is 5.41 Å². The average molecular weight is 425 g/mol. The van der Waals surface area contributed by atoms with Gasteiger partial charge in [-0.05, 0) is 41.8 Å². The van der Waals surface area contributed by atoms with Crippen molar-refractivity contribution in [3.05, 3.63) is 55.0 Å². The van der Waals surface area contributed by atoms with Crippen molar-refractivity contribution >= 4 is 33.7 Å². The molecule has 0 bridgehead atoms. The molecule has 0 atom stereocenters. The summed E-state index contributed by atoms with van der Waals surface area (Å²) in [5, 5.41) is 10.4. The Morgan fingerprint density at radius 1 is 1.09 bits per heavy atom. The van der Waals surface area contributed by atoms with Crippen LogP contribution in [0.25, 0.3) is 44.7 Å². The Bertz CT molecular complexity index is 1410. The van der Waals surface area contributed by atoms with Crippen molar-refractivity contribution in [2.75, 3.05) is 5.32 Å². The standard InChI is InChI=1S/C24H23N7O/c1-24(2,3)11-21(32)27-15-9-14(12-25-13-15)16-6-7-18-22(29-16)23(31-30-18)20-10-19-17(28-20)5-4-8-26-19/h4-10,12-13,28H,11H2,1-3H3,(H,27,32)(H,30,31). The Hall–Kier alpha value is -4.07. The molecule has 8 nitrogen and oxygen atoms in total. The van der Waals surface area contributed by atoms with Crippen molar-refractivity contribution < 1.29 is 4.79 Å². The van der Waals surface area contributed by atoms with Gasteiger partial charge in [-0.25, -0.2) is 4.98 Å². The number of carbonyl (C=O) groups excluding carboxylic acids is 1. The van der Waals surface area contributed by atoms with Gasteiger partial charge in [0, 0.05) is 24.4 Å². The van der Waals surface area contributed by atoms with Gasteiger partial charge in [0.05, 0.1) is 39.8 Å². The number of anilines is 1. The molecule has 0 aliphatic carbocycles. The molecule has 0 aromatic carbocycles. The summed E-state index contributed by atoms with van der Waals surface area (Å²) in [4.78, 5) is 29.2. The van der Waals surface area contributed by atoms with Gasteiger partial charge in [-0.15, -0.1) is 0 Å². The van der Waals surface area contributed by atoms with Crippen molar-refractivity contribution in [1.82, 2.24) is 30.1 Å². The summed E-state index contributed by atoms with van der Waals surface area (Å²) in [6, 6.07) is 11.6. The summed E-state index contributed by atoms with van der Waals surface area (Å²) in [7, 11) is 0. The summed E-state index contributed by atoms with van der Waals surface area (Å²) in [5.41, 5.74) is 7.08. The number of pyridine rings is 3. The van der Waals surface area contributed by atoms with Gasteiger partial charge >= 0.3 is 0 Å². The molecular formula is C24H23N7O. The minimum absolute atomic E-state index is 0.0376. The van der Waals surface area contributed by atoms with E-state index in [4.69, 9.17) is 4.98 Å². The summed E-state index contributed by atoms with van der Waals surface area (Å²) < 4.78 is 0. The molecule has 1 amide bonds. The highest BCUT2D eigenvalue weighted by molar-refractivity contribution is 5.94. The number of fused-ring (bicyclic) bond motifs is 2. The van der Waals surface area contributed by atoms with E-state index in [1.165, 1.54) is 0 Å². The SMILES string of the molecule is CC(C)(C)CC(=O)Nc1cncc(-c2ccc3[nH]nc(-c4cc5ncccc5[nH]4)c3n2)c1. The first kappa shape index (κ1) is 19.9. The lowest BCUT2D eigenvalue weighted by Crippen LogP contribution is -2.19. The fraction of sp³-hybridized carbons (Fsp3) is 0.208. The molecule has 3 N–H and O–H groups in total. The lowest BCUT2D eigenvalue weighted by molar-refractivity contribution is -0.117. The first-order valence-corrected chi connectivity index (χ1v) is 10.4. The van der Waals surface area contributed by atoms with E-state index < -0.39 is 0 Å². The monoisotopic (exact) mass is 425 g/mol. The summed E-state index contributed by atoms with van der Waals surface area (Å²) in [6.45, 7) is 6.10. The molecule has 0 aliphatic heterocycles. The van der Waals surface area contributed by atoms with Gasteiger partial charge in [-0.1, -0.05) is 20.8 Å². The fourth-order valence-corrected chi connectivity index (χ4v) is 3.67. The number of amides is 1. The molecule has 0 aliphatic rings. The molecule has 0 fully saturated rings. The van der Waals surface area contributed by atoms with Gasteiger partial charge in [0.25, 0.3) is 0 Å². The van der Waals surface area contributed by atoms with Gasteiger partial charge < -0.3 is 10.3 Å². The molecule has 0 radical (unpaired) electrons. The summed E-state index contributed by atoms with van der Waals surface area (Å²) >= 11 is 0. The number of hydrogen-bond acceptors (Lipinski definition) is 5. The van der Waals surface area contributed by atoms with Crippen LogP contribution in [0.3, 0.4) is 0 Å². The van der Waals surface area contributed by atoms with Gasteiger partial charge in [-0.2, -0.15) is 5.10 Å². The first-order valence-electron chi connectivity index (χ1n) is 10.4. The second-order valence-electron chi connectivity index (χ2n) is 9.03. The number of carbonyl (C=O) groups is 1. The van der Waals surface area contributed by atoms with Crippen LogP contribution in [0.15, 0.2) is 55.0 Å². The third-order valence-electron chi connectivity index (χ3n) is 5.06. The van der Waals surface area contributed by atoms with Crippen LogP contribution in [0.1, 0.15) is 27.2 Å². The Kier molecular flexibility index (Phi) is 4.70. The second-order valence-corrected chi connectivity index (χ2v) is 9.03. The number of nitrogens with zero attached hydrogens (tertiary/aromatic N) is 4. The molecule has 0 saturated carbocycles. The Morgan fingerprint density at radius 2 is 1.97 bits per heavy atom. The van der Waals surface area contributed by atoms with Crippen molar-refractivity contribution in [3.8, 4) is 22.6 Å². The van der Waals surface area contributed by atoms with E-state index in [0.717, 1.165) is 44.7 Å². The Labute approximate surface area is 184 Å². The zero-order valence-corrected chi connectivity index (χ0v) is 18.1. The number of hydrogen-bond donors (Lipinski definition) is 3. The van der Waals surface area contributed by atoms with Crippen molar-refractivity contribution in [2.45, 2.75) is 27.2 Å². The molecule has 8 heteroatoms. The van der Waals surface area contributed by atoms with Crippen LogP contribution in [0.2, 0.25) is 0 Å². The fourth-order valence-electron chi connectivity index (χ4n) is 3.67. The van der Waals surface area contributed by atoms with E-state index >= 15 is 0 Å². The largest absolute Gasteiger partial charge is 0.352 e. The number of aromatic nitrogens is 6. The van der Waals surface area contributed by atoms with Crippen LogP contribution in [-0.2, 0) is 4.79 Å². The molecule has 0 unspecified atom stereocenters. The third-order valence-corrected chi connectivity index (χ3v) is 5.06. The zero-order valence-electron chi connectivity index (χ0n) is 18.1. The smallest absolute Gasteiger partial charge is 0.224 e. The van der Waals surface area contributed by atoms with E-state index in [2.05, 4.69) is 30.5 Å². The van der Waals surface area contributed by atoms with Crippen molar-refractivity contribution in [1.29, 1.82) is 0 Å². The summed E-state index contributed by atoms with van der Waals surface area (Å²) in [6.07, 6.45) is 5.57. The third kappa shape index (κ3) is 3.94. The number of rotatable bonds is 4. The predicted molar refractivity (Wildman–Crippen MR) is 125 cm³/mol. The van der Waals surface area contributed by atoms with Gasteiger partial charge in [0.15, 0.2) is 0 Å². The Balaban J connectivity index is 1.49. The van der Waals surface area contributed by atoms with Crippen LogP contribution < -0.4 is 5.32 Å². The van der Waals surface area contributed by atoms with E-state index in [9.17, 15) is 4.79 Å². The second kappa shape index (κ2) is 7.56. The molecule has 5 aromatic rings. The number of aromatic amines is 2. The lowest BCUT2D eigenvalue weighted by atomic mass is 9.92. The highest BCUT2D eigenvalue weighted by Crippen LogP contribution is 2.29. The maximum Gasteiger partial charge on any atom is 0.224 e. The van der Waals surface area contributed by atoms with Gasteiger partial charge in [0.2, 0.25) is 5.91 Å². The maximum absolute atomic E-state index is 12.3. The van der Waals surface area contributed by atoms with E-state index in [-0.39, 0.29) is 11.3 Å². The average Bonchev–Trinajstić information content (AvgIpc) is 3.35. The molecule has 32 heavy (non-hydrogen) atoms. The van der Waals surface area contributed by atoms with Crippen LogP contribution >= 0.6 is 0 Å². The molecule has 0 spiro atoms. The zero-order chi connectivity index (χ0) is 22.3. The normalized spacial score (nSPS) is 11.8. The molecular weight excluding hydrogens is 402 g/mol. The minimum Gasteiger partial charge on any atom is -0.352 e. The quantitative estimate of drug-likeness (QED) is 0.378. The van der Waals surface area contributed by atoms with Crippen LogP contribution in [-0.4, -0.2) is 36.0 Å². The van der Waals surface area contributed by atoms with Gasteiger partial charge in [-0.3, -0.25) is 19.9 Å². The van der Waals surface area contributed by atoms with Gasteiger partial charge in [0.1, 0.15) is 11.2 Å². The molecule has 5 aromatic heterocycles. The van der Waals surface area contributed by atoms with Crippen molar-refractivity contribution in [2.24, 2.45) is 5.41 Å². The minimum atomic E-state index is -0.0858. The van der Waals surface area contributed by atoms with E-state index in [1.54, 1.807) is 18.6 Å². The number of H-pyrrole nitrogens is 2. The highest BCUT2D eigenvalue weighted by Gasteiger charge is 2.17. The topological polar surface area (TPSA) is 112 Å². The molecule has 0 saturated heterocycles. The molecule has 5 rings (SSSR count). The molecule has 160 valence electrons. The highest BCUT2D eigenvalue weighted by atomic mass is 16.1. The summed E-state index contributed by atoms with van der Waals surface area (Å²) in [5.74, 6) is -0.0376. The Morgan fingerprint density at radius 3 is 2.78 bits per heavy atom. The molecule has 5 heterocycles. The predicted octanol–water partition coefficient (Wildman–Crippen LogP) is 4.94. The van der Waals surface area contributed by atoms with E-state index in [0.29, 0.717) is 12.1 Å². The maximum atomic E-state index is 12.3. The van der Waals surface area contributed by atoms with Crippen LogP contribution in [0.4, 0.5) is 5.69 Å².